The number of amides is 3. The molecule has 2 atom stereocenters. The fraction of sp³-hybridized carbons (Fsp3) is 0.324. The molecule has 7 rings (SSSR count). The van der Waals surface area contributed by atoms with Gasteiger partial charge in [-0.15, -0.1) is 0 Å². The smallest absolute Gasteiger partial charge is 0.244 e. The molecule has 0 radical (unpaired) electrons. The van der Waals surface area contributed by atoms with E-state index < -0.39 is 5.92 Å². The Morgan fingerprint density at radius 3 is 2.69 bits per heavy atom. The summed E-state index contributed by atoms with van der Waals surface area (Å²) in [5, 5.41) is 13.4. The molecule has 5 aromatic rings. The lowest BCUT2D eigenvalue weighted by molar-refractivity contribution is -0.132. The van der Waals surface area contributed by atoms with Gasteiger partial charge in [0.05, 0.1) is 30.7 Å². The summed E-state index contributed by atoms with van der Waals surface area (Å²) in [6.45, 7) is 2.34. The Morgan fingerprint density at radius 2 is 1.76 bits per heavy atom. The lowest BCUT2D eigenvalue weighted by Gasteiger charge is -2.25. The van der Waals surface area contributed by atoms with Gasteiger partial charge in [0.25, 0.3) is 0 Å². The lowest BCUT2D eigenvalue weighted by Crippen LogP contribution is -2.43. The third kappa shape index (κ3) is 5.98. The van der Waals surface area contributed by atoms with Crippen LogP contribution < -0.4 is 10.1 Å². The number of likely N-dealkylation sites (tertiary alicyclic amines) is 1. The minimum Gasteiger partial charge on any atom is -0.494 e. The third-order valence-electron chi connectivity index (χ3n) is 8.78. The fourth-order valence-corrected chi connectivity index (χ4v) is 6.40. The average molecular weight is 607 g/mol. The summed E-state index contributed by atoms with van der Waals surface area (Å²) in [7, 11) is 0. The molecule has 2 aromatic heterocycles. The molecule has 1 N–H and O–H groups in total. The number of nitrogens with one attached hydrogen (secondary N) is 1. The molecule has 45 heavy (non-hydrogen) atoms. The molecular weight excluding hydrogens is 572 g/mol. The Balaban J connectivity index is 1.07. The van der Waals surface area contributed by atoms with E-state index in [1.54, 1.807) is 20.7 Å². The van der Waals surface area contributed by atoms with Crippen LogP contribution in [0.25, 0.3) is 21.9 Å². The first-order valence-electron chi connectivity index (χ1n) is 15.3. The first kappa shape index (κ1) is 28.6. The first-order valence-corrected chi connectivity index (χ1v) is 15.3. The van der Waals surface area contributed by atoms with Gasteiger partial charge in [-0.25, -0.2) is 0 Å². The van der Waals surface area contributed by atoms with E-state index in [0.29, 0.717) is 62.8 Å². The highest BCUT2D eigenvalue weighted by molar-refractivity contribution is 5.87. The van der Waals surface area contributed by atoms with Crippen molar-refractivity contribution in [1.82, 2.24) is 30.1 Å². The Bertz CT molecular complexity index is 1860. The lowest BCUT2D eigenvalue weighted by atomic mass is 9.88. The van der Waals surface area contributed by atoms with Gasteiger partial charge in [0.15, 0.2) is 5.58 Å². The molecule has 1 fully saturated rings. The summed E-state index contributed by atoms with van der Waals surface area (Å²) in [6.07, 6.45) is 2.48. The van der Waals surface area contributed by atoms with E-state index in [0.717, 1.165) is 21.9 Å². The highest BCUT2D eigenvalue weighted by Gasteiger charge is 2.40. The summed E-state index contributed by atoms with van der Waals surface area (Å²) in [6, 6.07) is 23.0. The highest BCUT2D eigenvalue weighted by Crippen LogP contribution is 2.35. The summed E-state index contributed by atoms with van der Waals surface area (Å²) in [5.74, 6) is -0.285. The largest absolute Gasteiger partial charge is 0.494 e. The van der Waals surface area contributed by atoms with E-state index in [9.17, 15) is 14.4 Å². The van der Waals surface area contributed by atoms with Crippen molar-refractivity contribution in [2.45, 2.75) is 25.3 Å². The molecule has 3 aromatic carbocycles. The maximum atomic E-state index is 13.7. The first-order chi connectivity index (χ1) is 22.0. The minimum absolute atomic E-state index is 0.0911. The molecule has 11 heteroatoms. The van der Waals surface area contributed by atoms with E-state index in [4.69, 9.17) is 9.26 Å². The Kier molecular flexibility index (Phi) is 7.89. The molecular formula is C34H34N6O5. The molecule has 230 valence electrons. The van der Waals surface area contributed by atoms with Gasteiger partial charge in [-0.1, -0.05) is 47.6 Å². The number of ether oxygens (including phenoxy) is 1. The summed E-state index contributed by atoms with van der Waals surface area (Å²) >= 11 is 0. The molecule has 0 saturated carbocycles. The summed E-state index contributed by atoms with van der Waals surface area (Å²) < 4.78 is 13.2. The molecule has 2 aliphatic heterocycles. The van der Waals surface area contributed by atoms with Crippen LogP contribution in [-0.4, -0.2) is 81.8 Å². The second-order valence-electron chi connectivity index (χ2n) is 11.6. The molecule has 0 aliphatic carbocycles. The van der Waals surface area contributed by atoms with Gasteiger partial charge in [-0.3, -0.25) is 19.1 Å². The zero-order valence-corrected chi connectivity index (χ0v) is 24.8. The quantitative estimate of drug-likeness (QED) is 0.333. The van der Waals surface area contributed by atoms with Crippen LogP contribution >= 0.6 is 0 Å². The van der Waals surface area contributed by atoms with Crippen molar-refractivity contribution in [3.05, 3.63) is 90.3 Å². The maximum absolute atomic E-state index is 13.7. The van der Waals surface area contributed by atoms with Crippen LogP contribution in [0.3, 0.4) is 0 Å². The number of carbonyl (C=O) groups is 3. The van der Waals surface area contributed by atoms with Gasteiger partial charge in [0.1, 0.15) is 18.0 Å². The van der Waals surface area contributed by atoms with E-state index in [1.165, 1.54) is 0 Å². The van der Waals surface area contributed by atoms with Crippen molar-refractivity contribution < 1.29 is 23.6 Å². The second-order valence-corrected chi connectivity index (χ2v) is 11.6. The number of hydrogen-bond acceptors (Lipinski definition) is 7. The van der Waals surface area contributed by atoms with Crippen LogP contribution in [-0.2, 0) is 27.3 Å². The van der Waals surface area contributed by atoms with E-state index in [1.807, 2.05) is 72.8 Å². The zero-order chi connectivity index (χ0) is 30.8. The van der Waals surface area contributed by atoms with Crippen LogP contribution in [0.1, 0.15) is 23.6 Å². The van der Waals surface area contributed by atoms with Crippen LogP contribution in [0.5, 0.6) is 5.75 Å². The predicted molar refractivity (Wildman–Crippen MR) is 166 cm³/mol. The van der Waals surface area contributed by atoms with Crippen LogP contribution in [0, 0.1) is 5.92 Å². The Labute approximate surface area is 259 Å². The number of fused-ring (bicyclic) bond motifs is 6. The van der Waals surface area contributed by atoms with Crippen LogP contribution in [0.15, 0.2) is 83.5 Å². The van der Waals surface area contributed by atoms with E-state index in [2.05, 4.69) is 15.6 Å². The number of carbonyl (C=O) groups excluding carboxylic acids is 3. The molecule has 2 aliphatic rings. The van der Waals surface area contributed by atoms with Crippen LogP contribution in [0.4, 0.5) is 0 Å². The number of para-hydroxylation sites is 2. The van der Waals surface area contributed by atoms with Gasteiger partial charge in [-0.2, -0.15) is 5.10 Å². The number of aromatic nitrogens is 3. The number of hydrogen-bond donors (Lipinski definition) is 1. The molecule has 0 unspecified atom stereocenters. The normalized spacial score (nSPS) is 19.2. The van der Waals surface area contributed by atoms with E-state index >= 15 is 0 Å². The Hall–Kier alpha value is -5.19. The topological polar surface area (TPSA) is 123 Å². The second kappa shape index (κ2) is 12.4. The average Bonchev–Trinajstić information content (AvgIpc) is 3.80. The molecule has 4 heterocycles. The number of rotatable bonds is 4. The van der Waals surface area contributed by atoms with Crippen molar-refractivity contribution in [2.75, 3.05) is 39.3 Å². The van der Waals surface area contributed by atoms with Gasteiger partial charge in [-0.05, 0) is 42.3 Å². The van der Waals surface area contributed by atoms with Crippen molar-refractivity contribution in [2.24, 2.45) is 5.92 Å². The molecule has 11 nitrogen and oxygen atoms in total. The van der Waals surface area contributed by atoms with Gasteiger partial charge < -0.3 is 24.4 Å². The summed E-state index contributed by atoms with van der Waals surface area (Å²) in [5.41, 5.74) is 3.08. The number of benzene rings is 3. The number of nitrogens with zero attached hydrogens (tertiary/aromatic N) is 5. The van der Waals surface area contributed by atoms with Crippen LogP contribution in [0.2, 0.25) is 0 Å². The Morgan fingerprint density at radius 1 is 0.911 bits per heavy atom. The fourth-order valence-electron chi connectivity index (χ4n) is 6.40. The van der Waals surface area contributed by atoms with Crippen molar-refractivity contribution >= 4 is 39.6 Å². The molecule has 3 amide bonds. The van der Waals surface area contributed by atoms with Crippen molar-refractivity contribution in [1.29, 1.82) is 0 Å². The maximum Gasteiger partial charge on any atom is 0.244 e. The predicted octanol–water partition coefficient (Wildman–Crippen LogP) is 3.39. The highest BCUT2D eigenvalue weighted by atomic mass is 16.5. The molecule has 2 bridgehead atoms. The zero-order valence-electron chi connectivity index (χ0n) is 24.8. The SMILES string of the molecule is O=C1NCCN(C(=O)Cc2noc3ccccc23)CCCOc2cccc(c2)[C@H]2CN(C(=O)Cn3ncc4ccccc43)C[C@H]12. The van der Waals surface area contributed by atoms with Gasteiger partial charge in [0.2, 0.25) is 17.7 Å². The molecule has 1 saturated heterocycles. The molecule has 0 spiro atoms. The third-order valence-corrected chi connectivity index (χ3v) is 8.78. The van der Waals surface area contributed by atoms with Gasteiger partial charge >= 0.3 is 0 Å². The summed E-state index contributed by atoms with van der Waals surface area (Å²) in [4.78, 5) is 44.1. The van der Waals surface area contributed by atoms with Crippen molar-refractivity contribution in [3.63, 3.8) is 0 Å². The van der Waals surface area contributed by atoms with Crippen molar-refractivity contribution in [3.8, 4) is 5.75 Å². The monoisotopic (exact) mass is 606 g/mol. The standard InChI is InChI=1S/C34H34N6O5/c41-32(18-29-26-10-2-4-12-31(26)45-37-29)38-14-6-16-44-25-9-5-8-23(17-25)27-20-39(21-28(27)34(43)35-13-15-38)33(42)22-40-30-11-3-1-7-24(30)19-36-40/h1-5,7-12,17,19,27-28H,6,13-16,18,20-22H2,(H,35,43)/t27-,28+/m1/s1. The van der Waals surface area contributed by atoms with E-state index in [-0.39, 0.29) is 36.6 Å². The minimum atomic E-state index is -0.452. The van der Waals surface area contributed by atoms with Gasteiger partial charge in [0, 0.05) is 49.4 Å².